The molecular formula is C18H22ClN7. The van der Waals surface area contributed by atoms with E-state index in [9.17, 15) is 0 Å². The van der Waals surface area contributed by atoms with Gasteiger partial charge >= 0.3 is 0 Å². The maximum absolute atomic E-state index is 6.14. The largest absolute Gasteiger partial charge is 0.339 e. The van der Waals surface area contributed by atoms with Crippen molar-refractivity contribution in [1.82, 2.24) is 19.5 Å². The van der Waals surface area contributed by atoms with Gasteiger partial charge in [0.15, 0.2) is 17.0 Å². The van der Waals surface area contributed by atoms with Crippen LogP contribution in [0, 0.1) is 0 Å². The lowest BCUT2D eigenvalue weighted by atomic mass is 10.1. The van der Waals surface area contributed by atoms with E-state index in [0.717, 1.165) is 49.3 Å². The zero-order valence-corrected chi connectivity index (χ0v) is 15.4. The Labute approximate surface area is 157 Å². The van der Waals surface area contributed by atoms with Gasteiger partial charge in [-0.25, -0.2) is 4.98 Å². The summed E-state index contributed by atoms with van der Waals surface area (Å²) in [7, 11) is 0. The molecule has 1 aromatic carbocycles. The van der Waals surface area contributed by atoms with Gasteiger partial charge in [0.05, 0.1) is 6.33 Å². The summed E-state index contributed by atoms with van der Waals surface area (Å²) in [5.41, 5.74) is 8.58. The van der Waals surface area contributed by atoms with Gasteiger partial charge in [-0.2, -0.15) is 9.97 Å². The molecule has 0 saturated carbocycles. The van der Waals surface area contributed by atoms with E-state index in [0.29, 0.717) is 16.8 Å². The standard InChI is InChI=1S/C18H22ClN7/c1-2-25-11-21-15-16(22-14-7-3-5-12(19)9-14)23-18(24-17(15)25)26-8-4-6-13(20)10-26/h3,5,7,9,11,13H,2,4,6,8,10,20H2,1H3,(H,22,23,24). The van der Waals surface area contributed by atoms with Crippen molar-refractivity contribution in [3.8, 4) is 0 Å². The van der Waals surface area contributed by atoms with Gasteiger partial charge in [0.25, 0.3) is 0 Å². The fourth-order valence-corrected chi connectivity index (χ4v) is 3.48. The Morgan fingerprint density at radius 1 is 1.35 bits per heavy atom. The number of hydrogen-bond acceptors (Lipinski definition) is 6. The maximum Gasteiger partial charge on any atom is 0.229 e. The van der Waals surface area contributed by atoms with E-state index in [1.165, 1.54) is 0 Å². The van der Waals surface area contributed by atoms with Crippen LogP contribution < -0.4 is 16.0 Å². The first-order chi connectivity index (χ1) is 12.6. The maximum atomic E-state index is 6.14. The number of rotatable bonds is 4. The molecule has 3 N–H and O–H groups in total. The minimum absolute atomic E-state index is 0.156. The first-order valence-electron chi connectivity index (χ1n) is 8.90. The van der Waals surface area contributed by atoms with Crippen LogP contribution in [0.2, 0.25) is 5.02 Å². The molecule has 0 radical (unpaired) electrons. The fraction of sp³-hybridized carbons (Fsp3) is 0.389. The predicted molar refractivity (Wildman–Crippen MR) is 105 cm³/mol. The van der Waals surface area contributed by atoms with Crippen LogP contribution in [0.25, 0.3) is 11.2 Å². The molecule has 7 nitrogen and oxygen atoms in total. The second-order valence-electron chi connectivity index (χ2n) is 6.56. The van der Waals surface area contributed by atoms with Crippen molar-refractivity contribution in [2.24, 2.45) is 5.73 Å². The third kappa shape index (κ3) is 3.32. The normalized spacial score (nSPS) is 17.7. The van der Waals surface area contributed by atoms with Crippen LogP contribution in [0.15, 0.2) is 30.6 Å². The molecule has 1 unspecified atom stereocenters. The predicted octanol–water partition coefficient (Wildman–Crippen LogP) is 3.17. The van der Waals surface area contributed by atoms with E-state index >= 15 is 0 Å². The highest BCUT2D eigenvalue weighted by molar-refractivity contribution is 6.30. The summed E-state index contributed by atoms with van der Waals surface area (Å²) in [6.07, 6.45) is 3.89. The Kier molecular flexibility index (Phi) is 4.65. The van der Waals surface area contributed by atoms with Gasteiger partial charge < -0.3 is 20.5 Å². The van der Waals surface area contributed by atoms with Gasteiger partial charge in [-0.1, -0.05) is 17.7 Å². The summed E-state index contributed by atoms with van der Waals surface area (Å²) in [5.74, 6) is 1.37. The number of piperidine rings is 1. The first-order valence-corrected chi connectivity index (χ1v) is 9.28. The van der Waals surface area contributed by atoms with Crippen molar-refractivity contribution in [1.29, 1.82) is 0 Å². The second kappa shape index (κ2) is 7.09. The van der Waals surface area contributed by atoms with Crippen molar-refractivity contribution in [2.45, 2.75) is 32.4 Å². The second-order valence-corrected chi connectivity index (χ2v) is 7.00. The van der Waals surface area contributed by atoms with Crippen LogP contribution >= 0.6 is 11.6 Å². The van der Waals surface area contributed by atoms with Crippen molar-refractivity contribution < 1.29 is 0 Å². The third-order valence-electron chi connectivity index (χ3n) is 4.62. The minimum Gasteiger partial charge on any atom is -0.339 e. The topological polar surface area (TPSA) is 84.9 Å². The highest BCUT2D eigenvalue weighted by Crippen LogP contribution is 2.27. The van der Waals surface area contributed by atoms with Crippen molar-refractivity contribution in [3.05, 3.63) is 35.6 Å². The quantitative estimate of drug-likeness (QED) is 0.732. The smallest absolute Gasteiger partial charge is 0.229 e. The van der Waals surface area contributed by atoms with Crippen molar-refractivity contribution in [3.63, 3.8) is 0 Å². The summed E-state index contributed by atoms with van der Waals surface area (Å²) in [6, 6.07) is 7.71. The van der Waals surface area contributed by atoms with Gasteiger partial charge in [0.2, 0.25) is 5.95 Å². The minimum atomic E-state index is 0.156. The van der Waals surface area contributed by atoms with Crippen LogP contribution in [-0.4, -0.2) is 38.7 Å². The van der Waals surface area contributed by atoms with Gasteiger partial charge in [0, 0.05) is 36.4 Å². The van der Waals surface area contributed by atoms with Gasteiger partial charge in [0.1, 0.15) is 0 Å². The molecule has 3 aromatic rings. The Morgan fingerprint density at radius 3 is 3.00 bits per heavy atom. The molecule has 3 heterocycles. The number of benzene rings is 1. The van der Waals surface area contributed by atoms with Gasteiger partial charge in [-0.15, -0.1) is 0 Å². The monoisotopic (exact) mass is 371 g/mol. The Morgan fingerprint density at radius 2 is 2.23 bits per heavy atom. The SMILES string of the molecule is CCn1cnc2c(Nc3cccc(Cl)c3)nc(N3CCCC(N)C3)nc21. The molecule has 0 spiro atoms. The molecule has 1 atom stereocenters. The lowest BCUT2D eigenvalue weighted by Gasteiger charge is -2.31. The Balaban J connectivity index is 1.78. The summed E-state index contributed by atoms with van der Waals surface area (Å²) < 4.78 is 2.02. The number of aryl methyl sites for hydroxylation is 1. The van der Waals surface area contributed by atoms with E-state index < -0.39 is 0 Å². The summed E-state index contributed by atoms with van der Waals surface area (Å²) in [6.45, 7) is 4.55. The van der Waals surface area contributed by atoms with Crippen molar-refractivity contribution >= 4 is 40.2 Å². The molecule has 1 saturated heterocycles. The summed E-state index contributed by atoms with van der Waals surface area (Å²) in [5, 5.41) is 4.01. The molecule has 0 amide bonds. The average molecular weight is 372 g/mol. The first kappa shape index (κ1) is 17.1. The number of nitrogens with zero attached hydrogens (tertiary/aromatic N) is 5. The Bertz CT molecular complexity index is 923. The molecule has 2 aromatic heterocycles. The molecule has 1 aliphatic rings. The number of halogens is 1. The van der Waals surface area contributed by atoms with Crippen LogP contribution in [-0.2, 0) is 6.54 Å². The number of aromatic nitrogens is 4. The molecule has 0 bridgehead atoms. The summed E-state index contributed by atoms with van der Waals surface area (Å²) in [4.78, 5) is 16.2. The van der Waals surface area contributed by atoms with Gasteiger partial charge in [-0.3, -0.25) is 0 Å². The molecule has 0 aliphatic carbocycles. The van der Waals surface area contributed by atoms with Crippen molar-refractivity contribution in [2.75, 3.05) is 23.3 Å². The molecule has 136 valence electrons. The summed E-state index contributed by atoms with van der Waals surface area (Å²) >= 11 is 6.11. The number of hydrogen-bond donors (Lipinski definition) is 2. The molecule has 26 heavy (non-hydrogen) atoms. The lowest BCUT2D eigenvalue weighted by molar-refractivity contribution is 0.500. The molecule has 1 fully saturated rings. The van der Waals surface area contributed by atoms with E-state index in [-0.39, 0.29) is 6.04 Å². The van der Waals surface area contributed by atoms with E-state index in [2.05, 4.69) is 22.1 Å². The van der Waals surface area contributed by atoms with Crippen LogP contribution in [0.3, 0.4) is 0 Å². The molecule has 8 heteroatoms. The van der Waals surface area contributed by atoms with E-state index in [1.807, 2.05) is 28.8 Å². The van der Waals surface area contributed by atoms with Crippen LogP contribution in [0.4, 0.5) is 17.5 Å². The average Bonchev–Trinajstić information content (AvgIpc) is 3.05. The zero-order valence-electron chi connectivity index (χ0n) is 14.7. The van der Waals surface area contributed by atoms with Gasteiger partial charge in [-0.05, 0) is 38.0 Å². The zero-order chi connectivity index (χ0) is 18.1. The molecule has 1 aliphatic heterocycles. The highest BCUT2D eigenvalue weighted by atomic mass is 35.5. The molecule has 4 rings (SSSR count). The highest BCUT2D eigenvalue weighted by Gasteiger charge is 2.22. The fourth-order valence-electron chi connectivity index (χ4n) is 3.29. The Hall–Kier alpha value is -2.38. The lowest BCUT2D eigenvalue weighted by Crippen LogP contribution is -2.43. The number of nitrogens with two attached hydrogens (primary N) is 1. The number of fused-ring (bicyclic) bond motifs is 1. The van der Waals surface area contributed by atoms with Crippen LogP contribution in [0.1, 0.15) is 19.8 Å². The van der Waals surface area contributed by atoms with E-state index in [4.69, 9.17) is 27.3 Å². The number of nitrogens with one attached hydrogen (secondary N) is 1. The van der Waals surface area contributed by atoms with E-state index in [1.54, 1.807) is 6.33 Å². The number of anilines is 3. The van der Waals surface area contributed by atoms with Crippen LogP contribution in [0.5, 0.6) is 0 Å². The molecular weight excluding hydrogens is 350 g/mol. The third-order valence-corrected chi connectivity index (χ3v) is 4.86. The number of imidazole rings is 1.